The summed E-state index contributed by atoms with van der Waals surface area (Å²) in [7, 11) is 0. The van der Waals surface area contributed by atoms with Crippen molar-refractivity contribution in [2.24, 2.45) is 5.10 Å². The smallest absolute Gasteiger partial charge is 0.259 e. The van der Waals surface area contributed by atoms with Crippen molar-refractivity contribution in [2.45, 2.75) is 6.92 Å². The van der Waals surface area contributed by atoms with Gasteiger partial charge in [0.05, 0.1) is 12.8 Å². The third-order valence-electron chi connectivity index (χ3n) is 4.89. The van der Waals surface area contributed by atoms with Crippen LogP contribution in [0.1, 0.15) is 21.5 Å². The van der Waals surface area contributed by atoms with Crippen LogP contribution in [0.3, 0.4) is 0 Å². The van der Waals surface area contributed by atoms with E-state index in [9.17, 15) is 9.59 Å². The summed E-state index contributed by atoms with van der Waals surface area (Å²) in [6.07, 6.45) is 1.66. The molecule has 4 aromatic carbocycles. The number of amides is 2. The molecule has 4 rings (SSSR count). The number of fused-ring (bicyclic) bond motifs is 2. The highest BCUT2D eigenvalue weighted by Crippen LogP contribution is 2.27. The molecule has 0 spiro atoms. The maximum Gasteiger partial charge on any atom is 0.259 e. The van der Waals surface area contributed by atoms with E-state index in [4.69, 9.17) is 0 Å². The van der Waals surface area contributed by atoms with E-state index >= 15 is 0 Å². The monoisotopic (exact) mass is 395 g/mol. The molecule has 0 fully saturated rings. The van der Waals surface area contributed by atoms with Gasteiger partial charge in [-0.15, -0.1) is 0 Å². The summed E-state index contributed by atoms with van der Waals surface area (Å²) in [4.78, 5) is 24.3. The van der Waals surface area contributed by atoms with Gasteiger partial charge in [0.1, 0.15) is 0 Å². The van der Waals surface area contributed by atoms with Crippen LogP contribution in [0, 0.1) is 6.92 Å². The van der Waals surface area contributed by atoms with Crippen LogP contribution < -0.4 is 10.7 Å². The number of carbonyl (C=O) groups is 2. The molecule has 2 amide bonds. The summed E-state index contributed by atoms with van der Waals surface area (Å²) in [5, 5.41) is 11.1. The Hall–Kier alpha value is -3.99. The lowest BCUT2D eigenvalue weighted by molar-refractivity contribution is -0.120. The Bertz CT molecular complexity index is 1220. The van der Waals surface area contributed by atoms with Crippen molar-refractivity contribution in [3.05, 3.63) is 95.6 Å². The molecule has 0 saturated heterocycles. The topological polar surface area (TPSA) is 70.6 Å². The molecular formula is C25H21N3O2. The van der Waals surface area contributed by atoms with E-state index in [2.05, 4.69) is 34.0 Å². The second kappa shape index (κ2) is 8.57. The summed E-state index contributed by atoms with van der Waals surface area (Å²) in [6, 6.07) is 25.5. The van der Waals surface area contributed by atoms with E-state index in [1.165, 1.54) is 0 Å². The highest BCUT2D eigenvalue weighted by molar-refractivity contribution is 6.13. The van der Waals surface area contributed by atoms with E-state index in [-0.39, 0.29) is 12.5 Å². The average molecular weight is 395 g/mol. The van der Waals surface area contributed by atoms with Gasteiger partial charge in [-0.05, 0) is 46.7 Å². The van der Waals surface area contributed by atoms with Gasteiger partial charge in [-0.2, -0.15) is 5.10 Å². The standard InChI is InChI=1S/C25H21N3O2/c1-17-7-6-10-20(13-17)25(30)26-16-24(29)28-27-15-23-21-11-4-2-8-18(21)14-19-9-3-5-12-22(19)23/h2-15H,16H2,1H3,(H,26,30)(H,28,29). The van der Waals surface area contributed by atoms with Crippen LogP contribution in [0.2, 0.25) is 0 Å². The molecule has 0 unspecified atom stereocenters. The first-order valence-electron chi connectivity index (χ1n) is 9.69. The number of hydrogen-bond acceptors (Lipinski definition) is 3. The Morgan fingerprint density at radius 3 is 2.20 bits per heavy atom. The molecule has 0 aliphatic heterocycles. The first-order valence-corrected chi connectivity index (χ1v) is 9.69. The molecule has 4 aromatic rings. The van der Waals surface area contributed by atoms with E-state index in [1.54, 1.807) is 18.3 Å². The van der Waals surface area contributed by atoms with E-state index in [0.29, 0.717) is 5.56 Å². The number of hydrazone groups is 1. The quantitative estimate of drug-likeness (QED) is 0.302. The maximum atomic E-state index is 12.2. The van der Waals surface area contributed by atoms with Gasteiger partial charge in [0.15, 0.2) is 0 Å². The summed E-state index contributed by atoms with van der Waals surface area (Å²) in [5.74, 6) is -0.685. The predicted molar refractivity (Wildman–Crippen MR) is 121 cm³/mol. The SMILES string of the molecule is Cc1cccc(C(=O)NCC(=O)NN=Cc2c3ccccc3cc3ccccc23)c1. The average Bonchev–Trinajstić information content (AvgIpc) is 2.77. The third-order valence-corrected chi connectivity index (χ3v) is 4.89. The van der Waals surface area contributed by atoms with Gasteiger partial charge in [0, 0.05) is 11.1 Å². The van der Waals surface area contributed by atoms with Crippen LogP contribution in [-0.2, 0) is 4.79 Å². The maximum absolute atomic E-state index is 12.2. The van der Waals surface area contributed by atoms with Crippen molar-refractivity contribution in [2.75, 3.05) is 6.54 Å². The minimum absolute atomic E-state index is 0.152. The van der Waals surface area contributed by atoms with Crippen LogP contribution in [0.15, 0.2) is 84.0 Å². The molecule has 5 heteroatoms. The fraction of sp³-hybridized carbons (Fsp3) is 0.0800. The van der Waals surface area contributed by atoms with Gasteiger partial charge >= 0.3 is 0 Å². The lowest BCUT2D eigenvalue weighted by atomic mass is 9.97. The van der Waals surface area contributed by atoms with Gasteiger partial charge in [0.2, 0.25) is 0 Å². The van der Waals surface area contributed by atoms with Crippen molar-refractivity contribution in [1.29, 1.82) is 0 Å². The van der Waals surface area contributed by atoms with Crippen LogP contribution in [0.25, 0.3) is 21.5 Å². The van der Waals surface area contributed by atoms with Crippen LogP contribution in [0.5, 0.6) is 0 Å². The molecule has 0 aliphatic rings. The van der Waals surface area contributed by atoms with Crippen LogP contribution >= 0.6 is 0 Å². The molecule has 0 saturated carbocycles. The third kappa shape index (κ3) is 4.20. The molecule has 0 heterocycles. The Kier molecular flexibility index (Phi) is 5.52. The largest absolute Gasteiger partial charge is 0.343 e. The van der Waals surface area contributed by atoms with Gasteiger partial charge in [-0.25, -0.2) is 5.43 Å². The Labute approximate surface area is 174 Å². The summed E-state index contributed by atoms with van der Waals surface area (Å²) >= 11 is 0. The number of aryl methyl sites for hydroxylation is 1. The van der Waals surface area contributed by atoms with Gasteiger partial charge in [0.25, 0.3) is 11.8 Å². The van der Waals surface area contributed by atoms with Gasteiger partial charge in [-0.3, -0.25) is 9.59 Å². The molecular weight excluding hydrogens is 374 g/mol. The predicted octanol–water partition coefficient (Wildman–Crippen LogP) is 4.18. The van der Waals surface area contributed by atoms with Crippen molar-refractivity contribution < 1.29 is 9.59 Å². The molecule has 5 nitrogen and oxygen atoms in total. The zero-order valence-corrected chi connectivity index (χ0v) is 16.6. The fourth-order valence-corrected chi connectivity index (χ4v) is 3.45. The van der Waals surface area contributed by atoms with Crippen LogP contribution in [-0.4, -0.2) is 24.6 Å². The number of carbonyl (C=O) groups excluding carboxylic acids is 2. The second-order valence-corrected chi connectivity index (χ2v) is 7.08. The zero-order chi connectivity index (χ0) is 20.9. The second-order valence-electron chi connectivity index (χ2n) is 7.08. The van der Waals surface area contributed by atoms with Crippen LogP contribution in [0.4, 0.5) is 0 Å². The molecule has 30 heavy (non-hydrogen) atoms. The lowest BCUT2D eigenvalue weighted by Gasteiger charge is -2.08. The minimum Gasteiger partial charge on any atom is -0.343 e. The van der Waals surface area contributed by atoms with Crippen molar-refractivity contribution in [3.63, 3.8) is 0 Å². The van der Waals surface area contributed by atoms with Crippen molar-refractivity contribution in [1.82, 2.24) is 10.7 Å². The minimum atomic E-state index is -0.392. The number of nitrogens with one attached hydrogen (secondary N) is 2. The van der Waals surface area contributed by atoms with E-state index in [1.807, 2.05) is 55.5 Å². The molecule has 0 bridgehead atoms. The Balaban J connectivity index is 1.47. The summed E-state index contributed by atoms with van der Waals surface area (Å²) < 4.78 is 0. The van der Waals surface area contributed by atoms with E-state index in [0.717, 1.165) is 32.7 Å². The normalized spacial score (nSPS) is 11.1. The van der Waals surface area contributed by atoms with Gasteiger partial charge < -0.3 is 5.32 Å². The number of nitrogens with zero attached hydrogens (tertiary/aromatic N) is 1. The number of rotatable bonds is 5. The zero-order valence-electron chi connectivity index (χ0n) is 16.6. The molecule has 148 valence electrons. The molecule has 0 atom stereocenters. The molecule has 2 N–H and O–H groups in total. The Morgan fingerprint density at radius 1 is 0.867 bits per heavy atom. The highest BCUT2D eigenvalue weighted by atomic mass is 16.2. The summed E-state index contributed by atoms with van der Waals surface area (Å²) in [5.41, 5.74) is 4.94. The number of benzene rings is 4. The molecule has 0 aromatic heterocycles. The first kappa shape index (κ1) is 19.3. The van der Waals surface area contributed by atoms with E-state index < -0.39 is 5.91 Å². The fourth-order valence-electron chi connectivity index (χ4n) is 3.45. The summed E-state index contributed by atoms with van der Waals surface area (Å²) in [6.45, 7) is 1.76. The molecule has 0 aliphatic carbocycles. The highest BCUT2D eigenvalue weighted by Gasteiger charge is 2.08. The lowest BCUT2D eigenvalue weighted by Crippen LogP contribution is -2.34. The first-order chi connectivity index (χ1) is 14.6. The molecule has 0 radical (unpaired) electrons. The van der Waals surface area contributed by atoms with Crippen molar-refractivity contribution >= 4 is 39.6 Å². The number of hydrogen-bond donors (Lipinski definition) is 2. The van der Waals surface area contributed by atoms with Crippen molar-refractivity contribution in [3.8, 4) is 0 Å². The Morgan fingerprint density at radius 2 is 1.53 bits per heavy atom. The van der Waals surface area contributed by atoms with Gasteiger partial charge in [-0.1, -0.05) is 66.2 Å².